The van der Waals surface area contributed by atoms with Crippen molar-refractivity contribution < 1.29 is 9.53 Å². The van der Waals surface area contributed by atoms with E-state index in [9.17, 15) is 4.79 Å². The van der Waals surface area contributed by atoms with E-state index in [-0.39, 0.29) is 5.91 Å². The Hall–Kier alpha value is -2.67. The van der Waals surface area contributed by atoms with Crippen LogP contribution in [-0.2, 0) is 4.79 Å². The number of amides is 1. The molecular formula is C23H31N5O2. The van der Waals surface area contributed by atoms with Crippen molar-refractivity contribution in [1.82, 2.24) is 19.8 Å². The second kappa shape index (κ2) is 9.89. The maximum atomic E-state index is 13.1. The number of methoxy groups -OCH3 is 1. The van der Waals surface area contributed by atoms with E-state index in [4.69, 9.17) is 4.74 Å². The van der Waals surface area contributed by atoms with Gasteiger partial charge in [0.05, 0.1) is 13.7 Å². The first-order chi connectivity index (χ1) is 14.7. The monoisotopic (exact) mass is 409 g/mol. The van der Waals surface area contributed by atoms with Crippen LogP contribution in [0.1, 0.15) is 37.3 Å². The van der Waals surface area contributed by atoms with Crippen LogP contribution in [0.15, 0.2) is 42.7 Å². The number of ether oxygens (including phenoxy) is 1. The number of benzene rings is 1. The molecule has 1 aromatic carbocycles. The topological polar surface area (TPSA) is 61.8 Å². The third-order valence-electron chi connectivity index (χ3n) is 6.17. The normalized spacial score (nSPS) is 20.6. The van der Waals surface area contributed by atoms with Crippen LogP contribution in [0.4, 0.5) is 5.95 Å². The number of nitrogens with zero attached hydrogens (tertiary/aromatic N) is 5. The summed E-state index contributed by atoms with van der Waals surface area (Å²) in [5, 5.41) is 0. The fraction of sp³-hybridized carbons (Fsp3) is 0.522. The van der Waals surface area contributed by atoms with Gasteiger partial charge in [0, 0.05) is 44.6 Å². The van der Waals surface area contributed by atoms with E-state index in [2.05, 4.69) is 31.9 Å². The molecule has 0 bridgehead atoms. The standard InChI is InChI=1S/C23H31N5O2/c1-30-20-9-7-19(8-10-20)21-6-3-2-4-13-28(21)18-22(29)26-14-16-27(17-15-26)23-24-11-5-12-25-23/h5,7-12,21H,2-4,6,13-18H2,1H3. The highest BCUT2D eigenvalue weighted by Crippen LogP contribution is 2.31. The Morgan fingerprint density at radius 1 is 1.00 bits per heavy atom. The van der Waals surface area contributed by atoms with Gasteiger partial charge in [0.25, 0.3) is 0 Å². The highest BCUT2D eigenvalue weighted by atomic mass is 16.5. The Morgan fingerprint density at radius 2 is 1.73 bits per heavy atom. The number of carbonyl (C=O) groups is 1. The van der Waals surface area contributed by atoms with Gasteiger partial charge in [0.2, 0.25) is 11.9 Å². The minimum Gasteiger partial charge on any atom is -0.497 e. The lowest BCUT2D eigenvalue weighted by molar-refractivity contribution is -0.133. The van der Waals surface area contributed by atoms with Crippen LogP contribution >= 0.6 is 0 Å². The second-order valence-electron chi connectivity index (χ2n) is 8.03. The predicted octanol–water partition coefficient (Wildman–Crippen LogP) is 2.75. The van der Waals surface area contributed by atoms with Crippen molar-refractivity contribution in [2.75, 3.05) is 51.3 Å². The number of piperazine rings is 1. The van der Waals surface area contributed by atoms with Gasteiger partial charge in [-0.3, -0.25) is 9.69 Å². The number of anilines is 1. The van der Waals surface area contributed by atoms with Gasteiger partial charge in [-0.25, -0.2) is 9.97 Å². The molecule has 30 heavy (non-hydrogen) atoms. The molecule has 0 saturated carbocycles. The summed E-state index contributed by atoms with van der Waals surface area (Å²) in [7, 11) is 1.69. The molecule has 2 fully saturated rings. The van der Waals surface area contributed by atoms with Crippen LogP contribution < -0.4 is 9.64 Å². The zero-order chi connectivity index (χ0) is 20.8. The molecule has 0 N–H and O–H groups in total. The third-order valence-corrected chi connectivity index (χ3v) is 6.17. The van der Waals surface area contributed by atoms with E-state index in [0.717, 1.165) is 57.3 Å². The first-order valence-corrected chi connectivity index (χ1v) is 10.9. The average molecular weight is 410 g/mol. The molecule has 1 atom stereocenters. The number of likely N-dealkylation sites (tertiary alicyclic amines) is 1. The maximum Gasteiger partial charge on any atom is 0.236 e. The minimum atomic E-state index is 0.226. The summed E-state index contributed by atoms with van der Waals surface area (Å²) < 4.78 is 5.31. The van der Waals surface area contributed by atoms with Crippen LogP contribution in [0.25, 0.3) is 0 Å². The highest BCUT2D eigenvalue weighted by Gasteiger charge is 2.28. The fourth-order valence-corrected chi connectivity index (χ4v) is 4.44. The first kappa shape index (κ1) is 20.6. The van der Waals surface area contributed by atoms with E-state index in [1.807, 2.05) is 23.1 Å². The Bertz CT molecular complexity index is 806. The molecule has 1 amide bonds. The molecule has 2 aliphatic rings. The van der Waals surface area contributed by atoms with Crippen LogP contribution in [0.5, 0.6) is 5.75 Å². The van der Waals surface area contributed by atoms with Crippen molar-refractivity contribution in [1.29, 1.82) is 0 Å². The highest BCUT2D eigenvalue weighted by molar-refractivity contribution is 5.78. The van der Waals surface area contributed by atoms with Gasteiger partial charge in [-0.15, -0.1) is 0 Å². The number of rotatable bonds is 5. The maximum absolute atomic E-state index is 13.1. The van der Waals surface area contributed by atoms with Crippen molar-refractivity contribution in [3.63, 3.8) is 0 Å². The summed E-state index contributed by atoms with van der Waals surface area (Å²) in [5.74, 6) is 1.84. The summed E-state index contributed by atoms with van der Waals surface area (Å²) in [6, 6.07) is 10.4. The zero-order valence-corrected chi connectivity index (χ0v) is 17.7. The van der Waals surface area contributed by atoms with Crippen LogP contribution in [0, 0.1) is 0 Å². The van der Waals surface area contributed by atoms with E-state index >= 15 is 0 Å². The van der Waals surface area contributed by atoms with E-state index in [0.29, 0.717) is 12.6 Å². The molecule has 7 nitrogen and oxygen atoms in total. The summed E-state index contributed by atoms with van der Waals surface area (Å²) in [6.07, 6.45) is 8.21. The third kappa shape index (κ3) is 4.90. The van der Waals surface area contributed by atoms with Gasteiger partial charge < -0.3 is 14.5 Å². The summed E-state index contributed by atoms with van der Waals surface area (Å²) in [4.78, 5) is 28.3. The minimum absolute atomic E-state index is 0.226. The van der Waals surface area contributed by atoms with Crippen molar-refractivity contribution in [3.8, 4) is 5.75 Å². The van der Waals surface area contributed by atoms with Crippen LogP contribution in [-0.4, -0.2) is 72.1 Å². The van der Waals surface area contributed by atoms with Crippen molar-refractivity contribution in [2.24, 2.45) is 0 Å². The molecule has 2 aromatic rings. The molecule has 160 valence electrons. The first-order valence-electron chi connectivity index (χ1n) is 10.9. The second-order valence-corrected chi connectivity index (χ2v) is 8.03. The lowest BCUT2D eigenvalue weighted by atomic mass is 10.0. The van der Waals surface area contributed by atoms with Crippen LogP contribution in [0.3, 0.4) is 0 Å². The molecule has 2 aliphatic heterocycles. The molecular weight excluding hydrogens is 378 g/mol. The molecule has 4 rings (SSSR count). The largest absolute Gasteiger partial charge is 0.497 e. The molecule has 2 saturated heterocycles. The Morgan fingerprint density at radius 3 is 2.43 bits per heavy atom. The van der Waals surface area contributed by atoms with Gasteiger partial charge in [0.15, 0.2) is 0 Å². The molecule has 7 heteroatoms. The van der Waals surface area contributed by atoms with Gasteiger partial charge >= 0.3 is 0 Å². The molecule has 0 spiro atoms. The summed E-state index contributed by atoms with van der Waals surface area (Å²) >= 11 is 0. The van der Waals surface area contributed by atoms with Crippen molar-refractivity contribution in [3.05, 3.63) is 48.3 Å². The lowest BCUT2D eigenvalue weighted by Crippen LogP contribution is -2.52. The average Bonchev–Trinajstić information content (AvgIpc) is 3.05. The Labute approximate surface area is 178 Å². The SMILES string of the molecule is COc1ccc(C2CCCCCN2CC(=O)N2CCN(c3ncccn3)CC2)cc1. The molecule has 0 aliphatic carbocycles. The van der Waals surface area contributed by atoms with Gasteiger partial charge in [0.1, 0.15) is 5.75 Å². The molecule has 3 heterocycles. The van der Waals surface area contributed by atoms with Crippen molar-refractivity contribution in [2.45, 2.75) is 31.7 Å². The molecule has 0 radical (unpaired) electrons. The number of hydrogen-bond acceptors (Lipinski definition) is 6. The number of hydrogen-bond donors (Lipinski definition) is 0. The van der Waals surface area contributed by atoms with Crippen LogP contribution in [0.2, 0.25) is 0 Å². The predicted molar refractivity (Wildman–Crippen MR) is 117 cm³/mol. The number of carbonyl (C=O) groups excluding carboxylic acids is 1. The summed E-state index contributed by atoms with van der Waals surface area (Å²) in [5.41, 5.74) is 1.27. The Balaban J connectivity index is 1.38. The van der Waals surface area contributed by atoms with E-state index in [1.54, 1.807) is 19.5 Å². The Kier molecular flexibility index (Phi) is 6.79. The quantitative estimate of drug-likeness (QED) is 0.757. The fourth-order valence-electron chi connectivity index (χ4n) is 4.44. The zero-order valence-electron chi connectivity index (χ0n) is 17.7. The van der Waals surface area contributed by atoms with E-state index in [1.165, 1.54) is 18.4 Å². The van der Waals surface area contributed by atoms with E-state index < -0.39 is 0 Å². The van der Waals surface area contributed by atoms with Gasteiger partial charge in [-0.05, 0) is 43.1 Å². The summed E-state index contributed by atoms with van der Waals surface area (Å²) in [6.45, 7) is 4.45. The smallest absolute Gasteiger partial charge is 0.236 e. The van der Waals surface area contributed by atoms with Gasteiger partial charge in [-0.2, -0.15) is 0 Å². The van der Waals surface area contributed by atoms with Crippen molar-refractivity contribution >= 4 is 11.9 Å². The lowest BCUT2D eigenvalue weighted by Gasteiger charge is -2.37. The molecule has 1 aromatic heterocycles. The molecule has 1 unspecified atom stereocenters. The number of aromatic nitrogens is 2. The van der Waals surface area contributed by atoms with Gasteiger partial charge in [-0.1, -0.05) is 25.0 Å².